The van der Waals surface area contributed by atoms with Crippen LogP contribution < -0.4 is 5.73 Å². The largest absolute Gasteiger partial charge is 0.396 e. The smallest absolute Gasteiger partial charge is 0.178 e. The average Bonchev–Trinajstić information content (AvgIpc) is 2.56. The molecule has 0 aliphatic heterocycles. The Morgan fingerprint density at radius 1 is 1.46 bits per heavy atom. The fraction of sp³-hybridized carbons (Fsp3) is 0.333. The number of aromatic nitrogens is 3. The zero-order valence-corrected chi connectivity index (χ0v) is 7.78. The van der Waals surface area contributed by atoms with Gasteiger partial charge in [-0.05, 0) is 19.1 Å². The number of nitrogens with zero attached hydrogens (tertiary/aromatic N) is 3. The van der Waals surface area contributed by atoms with E-state index in [2.05, 4.69) is 10.1 Å². The molecular weight excluding hydrogens is 164 g/mol. The molecule has 2 heterocycles. The highest BCUT2D eigenvalue weighted by molar-refractivity contribution is 5.64. The first-order chi connectivity index (χ1) is 6.22. The zero-order valence-electron chi connectivity index (χ0n) is 7.78. The molecule has 0 fully saturated rings. The van der Waals surface area contributed by atoms with Crippen LogP contribution in [0.2, 0.25) is 0 Å². The summed E-state index contributed by atoms with van der Waals surface area (Å²) in [5.74, 6) is 0.834. The van der Waals surface area contributed by atoms with E-state index in [1.165, 1.54) is 0 Å². The number of fused-ring (bicyclic) bond motifs is 1. The second-order valence-electron chi connectivity index (χ2n) is 3.05. The molecule has 0 bridgehead atoms. The minimum absolute atomic E-state index is 0.679. The molecular formula is C9H12N4. The highest BCUT2D eigenvalue weighted by Gasteiger charge is 2.05. The van der Waals surface area contributed by atoms with Gasteiger partial charge in [0, 0.05) is 12.1 Å². The summed E-state index contributed by atoms with van der Waals surface area (Å²) in [6.45, 7) is 4.01. The van der Waals surface area contributed by atoms with Gasteiger partial charge in [-0.15, -0.1) is 0 Å². The summed E-state index contributed by atoms with van der Waals surface area (Å²) in [5, 5.41) is 4.32. The number of nitrogens with two attached hydrogens (primary N) is 1. The van der Waals surface area contributed by atoms with Crippen LogP contribution in [0.1, 0.15) is 18.4 Å². The first-order valence-electron chi connectivity index (χ1n) is 4.33. The molecule has 0 spiro atoms. The van der Waals surface area contributed by atoms with Crippen LogP contribution in [0.3, 0.4) is 0 Å². The van der Waals surface area contributed by atoms with E-state index < -0.39 is 0 Å². The first-order valence-corrected chi connectivity index (χ1v) is 4.33. The van der Waals surface area contributed by atoms with E-state index in [1.54, 1.807) is 4.52 Å². The number of hydrogen-bond acceptors (Lipinski definition) is 3. The second-order valence-corrected chi connectivity index (χ2v) is 3.05. The van der Waals surface area contributed by atoms with Crippen molar-refractivity contribution in [1.82, 2.24) is 14.6 Å². The van der Waals surface area contributed by atoms with Gasteiger partial charge < -0.3 is 5.73 Å². The minimum Gasteiger partial charge on any atom is -0.396 e. The van der Waals surface area contributed by atoms with Gasteiger partial charge in [-0.25, -0.2) is 9.50 Å². The van der Waals surface area contributed by atoms with Crippen LogP contribution in [-0.2, 0) is 6.42 Å². The zero-order chi connectivity index (χ0) is 9.42. The van der Waals surface area contributed by atoms with Crippen molar-refractivity contribution >= 4 is 11.3 Å². The van der Waals surface area contributed by atoms with Crippen molar-refractivity contribution in [3.05, 3.63) is 23.7 Å². The fourth-order valence-electron chi connectivity index (χ4n) is 1.29. The van der Waals surface area contributed by atoms with Gasteiger partial charge in [-0.1, -0.05) is 6.92 Å². The van der Waals surface area contributed by atoms with Crippen molar-refractivity contribution in [1.29, 1.82) is 0 Å². The summed E-state index contributed by atoms with van der Waals surface area (Å²) in [5.41, 5.74) is 8.26. The molecule has 13 heavy (non-hydrogen) atoms. The topological polar surface area (TPSA) is 56.2 Å². The first kappa shape index (κ1) is 8.04. The van der Waals surface area contributed by atoms with Crippen molar-refractivity contribution in [3.8, 4) is 0 Å². The molecule has 4 heteroatoms. The molecule has 0 aliphatic carbocycles. The van der Waals surface area contributed by atoms with Crippen molar-refractivity contribution in [2.75, 3.05) is 5.73 Å². The Morgan fingerprint density at radius 3 is 2.85 bits per heavy atom. The lowest BCUT2D eigenvalue weighted by atomic mass is 10.3. The number of anilines is 1. The Labute approximate surface area is 76.4 Å². The van der Waals surface area contributed by atoms with Crippen molar-refractivity contribution in [2.45, 2.75) is 20.3 Å². The number of hydrogen-bond donors (Lipinski definition) is 1. The second kappa shape index (κ2) is 2.73. The third kappa shape index (κ3) is 1.14. The lowest BCUT2D eigenvalue weighted by Gasteiger charge is -1.98. The average molecular weight is 176 g/mol. The molecule has 0 aliphatic rings. The maximum absolute atomic E-state index is 5.77. The minimum atomic E-state index is 0.679. The SMILES string of the molecule is CCc1nc2c(N)ccc(C)n2n1. The highest BCUT2D eigenvalue weighted by atomic mass is 15.3. The van der Waals surface area contributed by atoms with E-state index in [0.717, 1.165) is 23.6 Å². The van der Waals surface area contributed by atoms with E-state index in [-0.39, 0.29) is 0 Å². The maximum atomic E-state index is 5.77. The van der Waals surface area contributed by atoms with Crippen molar-refractivity contribution < 1.29 is 0 Å². The number of rotatable bonds is 1. The van der Waals surface area contributed by atoms with Crippen LogP contribution >= 0.6 is 0 Å². The Hall–Kier alpha value is -1.58. The molecule has 2 rings (SSSR count). The third-order valence-electron chi connectivity index (χ3n) is 2.06. The summed E-state index contributed by atoms with van der Waals surface area (Å²) in [7, 11) is 0. The van der Waals surface area contributed by atoms with Crippen LogP contribution in [0.4, 0.5) is 5.69 Å². The Kier molecular flexibility index (Phi) is 1.69. The summed E-state index contributed by atoms with van der Waals surface area (Å²) >= 11 is 0. The van der Waals surface area contributed by atoms with Crippen LogP contribution in [0.5, 0.6) is 0 Å². The molecule has 2 aromatic heterocycles. The van der Waals surface area contributed by atoms with Crippen LogP contribution in [0.15, 0.2) is 12.1 Å². The lowest BCUT2D eigenvalue weighted by molar-refractivity contribution is 0.861. The predicted molar refractivity (Wildman–Crippen MR) is 51.5 cm³/mol. The van der Waals surface area contributed by atoms with Gasteiger partial charge in [0.25, 0.3) is 0 Å². The number of pyridine rings is 1. The quantitative estimate of drug-likeness (QED) is 0.709. The summed E-state index contributed by atoms with van der Waals surface area (Å²) in [6.07, 6.45) is 0.834. The molecule has 0 atom stereocenters. The van der Waals surface area contributed by atoms with E-state index in [0.29, 0.717) is 5.69 Å². The van der Waals surface area contributed by atoms with Crippen LogP contribution in [0, 0.1) is 6.92 Å². The summed E-state index contributed by atoms with van der Waals surface area (Å²) in [6, 6.07) is 3.80. The molecule has 0 unspecified atom stereocenters. The molecule has 68 valence electrons. The van der Waals surface area contributed by atoms with Crippen molar-refractivity contribution in [3.63, 3.8) is 0 Å². The molecule has 0 amide bonds. The maximum Gasteiger partial charge on any atom is 0.178 e. The fourth-order valence-corrected chi connectivity index (χ4v) is 1.29. The van der Waals surface area contributed by atoms with Gasteiger partial charge in [0.15, 0.2) is 11.5 Å². The van der Waals surface area contributed by atoms with Gasteiger partial charge in [-0.3, -0.25) is 0 Å². The van der Waals surface area contributed by atoms with Crippen LogP contribution in [-0.4, -0.2) is 14.6 Å². The molecule has 0 radical (unpaired) electrons. The van der Waals surface area contributed by atoms with Gasteiger partial charge in [0.1, 0.15) is 0 Å². The third-order valence-corrected chi connectivity index (χ3v) is 2.06. The normalized spacial score (nSPS) is 10.9. The van der Waals surface area contributed by atoms with Crippen LogP contribution in [0.25, 0.3) is 5.65 Å². The monoisotopic (exact) mass is 176 g/mol. The molecule has 0 saturated carbocycles. The standard InChI is InChI=1S/C9H12N4/c1-3-8-11-9-7(10)5-4-6(2)13(9)12-8/h4-5H,3,10H2,1-2H3. The molecule has 4 nitrogen and oxygen atoms in total. The highest BCUT2D eigenvalue weighted by Crippen LogP contribution is 2.13. The predicted octanol–water partition coefficient (Wildman–Crippen LogP) is 1.18. The number of aryl methyl sites for hydroxylation is 2. The molecule has 2 aromatic rings. The Morgan fingerprint density at radius 2 is 2.23 bits per heavy atom. The molecule has 0 saturated heterocycles. The van der Waals surface area contributed by atoms with Gasteiger partial charge in [0.05, 0.1) is 5.69 Å². The van der Waals surface area contributed by atoms with E-state index in [1.807, 2.05) is 26.0 Å². The van der Waals surface area contributed by atoms with Crippen molar-refractivity contribution in [2.24, 2.45) is 0 Å². The van der Waals surface area contributed by atoms with E-state index >= 15 is 0 Å². The summed E-state index contributed by atoms with van der Waals surface area (Å²) in [4.78, 5) is 4.32. The Balaban J connectivity index is 2.80. The van der Waals surface area contributed by atoms with Gasteiger partial charge in [0.2, 0.25) is 0 Å². The van der Waals surface area contributed by atoms with Gasteiger partial charge in [-0.2, -0.15) is 5.10 Å². The molecule has 2 N–H and O–H groups in total. The van der Waals surface area contributed by atoms with Gasteiger partial charge >= 0.3 is 0 Å². The van der Waals surface area contributed by atoms with E-state index in [9.17, 15) is 0 Å². The lowest BCUT2D eigenvalue weighted by Crippen LogP contribution is -1.97. The van der Waals surface area contributed by atoms with E-state index in [4.69, 9.17) is 5.73 Å². The summed E-state index contributed by atoms with van der Waals surface area (Å²) < 4.78 is 1.79. The Bertz CT molecular complexity index is 405. The molecule has 0 aromatic carbocycles. The number of nitrogen functional groups attached to an aromatic ring is 1.